The molecule has 0 unspecified atom stereocenters. The van der Waals surface area contributed by atoms with Crippen LogP contribution in [0.5, 0.6) is 23.0 Å². The summed E-state index contributed by atoms with van der Waals surface area (Å²) in [5.41, 5.74) is 5.50. The summed E-state index contributed by atoms with van der Waals surface area (Å²) in [5.74, 6) is -0.0560. The van der Waals surface area contributed by atoms with Gasteiger partial charge < -0.3 is 46.1 Å². The van der Waals surface area contributed by atoms with E-state index >= 15 is 0 Å². The highest BCUT2D eigenvalue weighted by atomic mass is 16.6. The van der Waals surface area contributed by atoms with E-state index in [0.717, 1.165) is 93.5 Å². The third-order valence-electron chi connectivity index (χ3n) is 13.6. The summed E-state index contributed by atoms with van der Waals surface area (Å²) in [5, 5.41) is 3.35. The number of rotatable bonds is 18. The van der Waals surface area contributed by atoms with E-state index in [9.17, 15) is 47.9 Å². The van der Waals surface area contributed by atoms with Gasteiger partial charge in [-0.2, -0.15) is 0 Å². The predicted octanol–water partition coefficient (Wildman–Crippen LogP) is 15.5. The molecule has 0 aliphatic rings. The summed E-state index contributed by atoms with van der Waals surface area (Å²) in [6.07, 6.45) is 7.32. The molecule has 4 aromatic heterocycles. The summed E-state index contributed by atoms with van der Waals surface area (Å²) >= 11 is 0. The second-order valence-corrected chi connectivity index (χ2v) is 21.7. The molecule has 10 rings (SSSR count). The van der Waals surface area contributed by atoms with Crippen LogP contribution in [-0.2, 0) is 51.5 Å². The van der Waals surface area contributed by atoms with Crippen LogP contribution < -0.4 is 41.4 Å². The predicted molar refractivity (Wildman–Crippen MR) is 364 cm³/mol. The third kappa shape index (κ3) is 26.5. The molecule has 0 N–H and O–H groups in total. The molecule has 0 bridgehead atoms. The van der Waals surface area contributed by atoms with Crippen LogP contribution in [0.3, 0.4) is 0 Å². The van der Waals surface area contributed by atoms with Crippen molar-refractivity contribution in [2.24, 2.45) is 0 Å². The highest BCUT2D eigenvalue weighted by Gasteiger charge is 2.12. The lowest BCUT2D eigenvalue weighted by Gasteiger charge is -2.06. The first-order valence-corrected chi connectivity index (χ1v) is 31.3. The minimum absolute atomic E-state index is 0.119. The summed E-state index contributed by atoms with van der Waals surface area (Å²) in [7, 11) is 0. The Kier molecular flexibility index (Phi) is 31.2. The van der Waals surface area contributed by atoms with Crippen molar-refractivity contribution < 1.29 is 74.9 Å². The number of hydrogen-bond acceptors (Lipinski definition) is 20. The highest BCUT2D eigenvalue weighted by molar-refractivity contribution is 5.85. The molecule has 0 aliphatic heterocycles. The van der Waals surface area contributed by atoms with Crippen LogP contribution in [0, 0.1) is 27.7 Å². The topological polar surface area (TPSA) is 279 Å². The van der Waals surface area contributed by atoms with Gasteiger partial charge in [0.15, 0.2) is 0 Å². The minimum Gasteiger partial charge on any atom is -0.461 e. The van der Waals surface area contributed by atoms with E-state index in [1.807, 2.05) is 102 Å². The van der Waals surface area contributed by atoms with Crippen molar-refractivity contribution in [3.05, 3.63) is 233 Å². The molecule has 0 fully saturated rings. The second-order valence-electron chi connectivity index (χ2n) is 21.7. The van der Waals surface area contributed by atoms with E-state index < -0.39 is 28.5 Å². The number of esters is 6. The lowest BCUT2D eigenvalue weighted by atomic mass is 10.1. The van der Waals surface area contributed by atoms with E-state index in [4.69, 9.17) is 46.1 Å². The molecule has 0 radical (unpaired) electrons. The monoisotopic (exact) mass is 1310 g/mol. The molecule has 0 atom stereocenters. The van der Waals surface area contributed by atoms with Crippen molar-refractivity contribution in [2.75, 3.05) is 0 Å². The van der Waals surface area contributed by atoms with Crippen molar-refractivity contribution in [1.82, 2.24) is 0 Å². The van der Waals surface area contributed by atoms with Crippen LogP contribution in [-0.4, -0.2) is 35.8 Å². The van der Waals surface area contributed by atoms with E-state index in [0.29, 0.717) is 84.2 Å². The maximum atomic E-state index is 11.7. The number of benzene rings is 6. The van der Waals surface area contributed by atoms with Crippen LogP contribution >= 0.6 is 0 Å². The van der Waals surface area contributed by atoms with Crippen LogP contribution in [0.4, 0.5) is 0 Å². The number of hydrogen-bond donors (Lipinski definition) is 0. The van der Waals surface area contributed by atoms with Crippen molar-refractivity contribution in [2.45, 2.75) is 147 Å². The minimum atomic E-state index is -0.412. The smallest absolute Gasteiger partial charge is 0.336 e. The van der Waals surface area contributed by atoms with Gasteiger partial charge in [-0.3, -0.25) is 28.8 Å². The number of unbranched alkanes of at least 4 members (excludes halogenated alkanes) is 3. The van der Waals surface area contributed by atoms with Gasteiger partial charge in [0.1, 0.15) is 58.5 Å². The largest absolute Gasteiger partial charge is 0.461 e. The van der Waals surface area contributed by atoms with E-state index in [1.165, 1.54) is 44.2 Å². The first kappa shape index (κ1) is 75.7. The SMILES string of the molecule is CC(=O)OCc1ccccc1.CC(=O)Oc1ccc2c(C)cc(=O)oc2c1.CCC(=O)Oc1ccc2c(C)cc(=O)oc2c1.CCCC(=O)OCc1ccccc1.CCCC(=O)Oc1ccc2c(C)cc(=O)oc2c1.CCCCCCC(=O)Oc1ccc2c(C)cc(=O)oc2c1. The summed E-state index contributed by atoms with van der Waals surface area (Å²) in [6.45, 7) is 18.5. The fraction of sp³-hybridized carbons (Fsp3) is 0.289. The third-order valence-corrected chi connectivity index (χ3v) is 13.6. The number of fused-ring (bicyclic) bond motifs is 4. The molecule has 10 aromatic rings. The number of carbonyl (C=O) groups is 6. The molecule has 20 nitrogen and oxygen atoms in total. The Hall–Kier alpha value is -11.0. The molecule has 20 heteroatoms. The Morgan fingerprint density at radius 2 is 0.667 bits per heavy atom. The van der Waals surface area contributed by atoms with Crippen LogP contribution in [0.2, 0.25) is 0 Å². The Balaban J connectivity index is 0.000000211. The van der Waals surface area contributed by atoms with Crippen LogP contribution in [0.1, 0.15) is 139 Å². The molecule has 6 aromatic carbocycles. The Bertz CT molecular complexity index is 4480. The molecule has 96 heavy (non-hydrogen) atoms. The molecule has 504 valence electrons. The van der Waals surface area contributed by atoms with Gasteiger partial charge in [-0.15, -0.1) is 0 Å². The molecular weight excluding hydrogens is 1230 g/mol. The Morgan fingerprint density at radius 1 is 0.333 bits per heavy atom. The van der Waals surface area contributed by atoms with Crippen LogP contribution in [0.15, 0.2) is 195 Å². The fourth-order valence-corrected chi connectivity index (χ4v) is 8.88. The lowest BCUT2D eigenvalue weighted by Crippen LogP contribution is -2.07. The highest BCUT2D eigenvalue weighted by Crippen LogP contribution is 2.26. The van der Waals surface area contributed by atoms with Gasteiger partial charge in [-0.1, -0.05) is 108 Å². The maximum Gasteiger partial charge on any atom is 0.336 e. The number of aryl methyl sites for hydroxylation is 4. The van der Waals surface area contributed by atoms with Gasteiger partial charge in [-0.05, 0) is 129 Å². The zero-order valence-electron chi connectivity index (χ0n) is 55.7. The van der Waals surface area contributed by atoms with Gasteiger partial charge >= 0.3 is 58.3 Å². The normalized spacial score (nSPS) is 10.3. The van der Waals surface area contributed by atoms with Gasteiger partial charge in [0.25, 0.3) is 0 Å². The van der Waals surface area contributed by atoms with Gasteiger partial charge in [-0.25, -0.2) is 19.2 Å². The van der Waals surface area contributed by atoms with Crippen molar-refractivity contribution >= 4 is 79.7 Å². The molecule has 0 amide bonds. The standard InChI is InChI=1S/C17H20O4.C14H14O4.C13H12O4.C12H10O4.C11H14O2.C9H10O2/c1-3-4-5-6-7-16(18)20-13-8-9-14-12(2)10-17(19)21-15(14)11-13;1-3-4-13(15)17-10-5-6-11-9(2)7-14(16)18-12(11)8-10;1-3-12(14)16-9-4-5-10-8(2)6-13(15)17-11(10)7-9;1-7-5-12(14)16-11-6-9(15-8(2)13)3-4-10(7)11;1-2-6-11(12)13-9-10-7-4-3-5-8-10;1-8(10)11-7-9-5-3-2-4-6-9/h8-11H,3-7H2,1-2H3;5-8H,3-4H2,1-2H3;4-7H,3H2,1-2H3;3-6H,1-2H3;3-5,7-8H,2,6,9H2,1H3;2-6H,7H2,1H3. The number of carbonyl (C=O) groups excluding carboxylic acids is 6. The maximum absolute atomic E-state index is 11.7. The van der Waals surface area contributed by atoms with E-state index in [-0.39, 0.29) is 29.8 Å². The molecule has 0 saturated carbocycles. The first-order valence-electron chi connectivity index (χ1n) is 31.3. The Morgan fingerprint density at radius 3 is 1.00 bits per heavy atom. The average Bonchev–Trinajstić information content (AvgIpc) is 0.857. The molecular formula is C76H80O20. The number of ether oxygens (including phenoxy) is 6. The van der Waals surface area contributed by atoms with Gasteiger partial charge in [0.05, 0.1) is 0 Å². The van der Waals surface area contributed by atoms with Gasteiger partial charge in [0.2, 0.25) is 0 Å². The molecule has 0 saturated heterocycles. The first-order chi connectivity index (χ1) is 46.0. The van der Waals surface area contributed by atoms with Gasteiger partial charge in [0, 0.05) is 110 Å². The summed E-state index contributed by atoms with van der Waals surface area (Å²) in [4.78, 5) is 111. The second kappa shape index (κ2) is 39.5. The van der Waals surface area contributed by atoms with Crippen molar-refractivity contribution in [3.63, 3.8) is 0 Å². The summed E-state index contributed by atoms with van der Waals surface area (Å²) in [6, 6.07) is 45.1. The molecule has 4 heterocycles. The zero-order chi connectivity index (χ0) is 70.1. The Labute approximate surface area is 554 Å². The zero-order valence-corrected chi connectivity index (χ0v) is 55.7. The quantitative estimate of drug-likeness (QED) is 0.0334. The van der Waals surface area contributed by atoms with Crippen molar-refractivity contribution in [1.29, 1.82) is 0 Å². The van der Waals surface area contributed by atoms with E-state index in [2.05, 4.69) is 6.92 Å². The summed E-state index contributed by atoms with van der Waals surface area (Å²) < 4.78 is 50.5. The lowest BCUT2D eigenvalue weighted by molar-refractivity contribution is -0.145. The fourth-order valence-electron chi connectivity index (χ4n) is 8.88. The van der Waals surface area contributed by atoms with E-state index in [1.54, 1.807) is 73.7 Å². The molecule has 0 aliphatic carbocycles. The molecule has 0 spiro atoms. The van der Waals surface area contributed by atoms with Crippen molar-refractivity contribution in [3.8, 4) is 23.0 Å². The average molecular weight is 1310 g/mol. The van der Waals surface area contributed by atoms with Crippen LogP contribution in [0.25, 0.3) is 43.9 Å².